The van der Waals surface area contributed by atoms with Crippen molar-refractivity contribution in [1.82, 2.24) is 9.97 Å². The minimum Gasteiger partial charge on any atom is -0.338 e. The van der Waals surface area contributed by atoms with E-state index in [1.807, 2.05) is 64.0 Å². The van der Waals surface area contributed by atoms with E-state index in [9.17, 15) is 9.59 Å². The predicted octanol–water partition coefficient (Wildman–Crippen LogP) is 5.86. The Hall–Kier alpha value is -3.75. The SMILES string of the molecule is O=C(Nc1ccc(-c2nc3ccc(NC(=O)c4ccsc4)cc3[nH]2)cc1)c1ccsc1. The summed E-state index contributed by atoms with van der Waals surface area (Å²) < 4.78 is 0. The quantitative estimate of drug-likeness (QED) is 0.317. The molecule has 31 heavy (non-hydrogen) atoms. The molecule has 152 valence electrons. The normalized spacial score (nSPS) is 10.8. The van der Waals surface area contributed by atoms with Crippen LogP contribution in [0.1, 0.15) is 20.7 Å². The van der Waals surface area contributed by atoms with Gasteiger partial charge < -0.3 is 15.6 Å². The molecule has 0 unspecified atom stereocenters. The van der Waals surface area contributed by atoms with Crippen molar-refractivity contribution < 1.29 is 9.59 Å². The van der Waals surface area contributed by atoms with Crippen molar-refractivity contribution in [1.29, 1.82) is 0 Å². The number of aromatic nitrogens is 2. The molecular weight excluding hydrogens is 428 g/mol. The van der Waals surface area contributed by atoms with Crippen LogP contribution in [-0.4, -0.2) is 21.8 Å². The number of carbonyl (C=O) groups is 2. The maximum absolute atomic E-state index is 12.3. The van der Waals surface area contributed by atoms with Gasteiger partial charge in [0.15, 0.2) is 0 Å². The van der Waals surface area contributed by atoms with Crippen LogP contribution in [0.4, 0.5) is 11.4 Å². The second kappa shape index (κ2) is 8.17. The van der Waals surface area contributed by atoms with Crippen molar-refractivity contribution in [3.8, 4) is 11.4 Å². The van der Waals surface area contributed by atoms with Gasteiger partial charge in [-0.25, -0.2) is 4.98 Å². The van der Waals surface area contributed by atoms with E-state index in [0.717, 1.165) is 22.3 Å². The number of hydrogen-bond acceptors (Lipinski definition) is 5. The molecule has 2 aromatic carbocycles. The van der Waals surface area contributed by atoms with Crippen molar-refractivity contribution in [2.24, 2.45) is 0 Å². The van der Waals surface area contributed by atoms with Crippen LogP contribution in [0.25, 0.3) is 22.4 Å². The average molecular weight is 445 g/mol. The van der Waals surface area contributed by atoms with Crippen LogP contribution in [0.3, 0.4) is 0 Å². The molecule has 3 heterocycles. The molecule has 3 N–H and O–H groups in total. The van der Waals surface area contributed by atoms with Crippen LogP contribution in [0.2, 0.25) is 0 Å². The Kier molecular flexibility index (Phi) is 5.07. The Morgan fingerprint density at radius 3 is 2.00 bits per heavy atom. The van der Waals surface area contributed by atoms with E-state index in [0.29, 0.717) is 22.6 Å². The Labute approximate surface area is 185 Å². The van der Waals surface area contributed by atoms with Crippen LogP contribution in [0.15, 0.2) is 76.1 Å². The van der Waals surface area contributed by atoms with Gasteiger partial charge in [-0.1, -0.05) is 0 Å². The molecule has 0 bridgehead atoms. The van der Waals surface area contributed by atoms with Gasteiger partial charge in [0.1, 0.15) is 5.82 Å². The number of thiophene rings is 2. The number of aromatic amines is 1. The van der Waals surface area contributed by atoms with Crippen molar-refractivity contribution in [2.45, 2.75) is 0 Å². The highest BCUT2D eigenvalue weighted by Gasteiger charge is 2.10. The summed E-state index contributed by atoms with van der Waals surface area (Å²) in [6, 6.07) is 16.7. The lowest BCUT2D eigenvalue weighted by Crippen LogP contribution is -2.10. The fourth-order valence-corrected chi connectivity index (χ4v) is 4.40. The van der Waals surface area contributed by atoms with Crippen LogP contribution in [0.5, 0.6) is 0 Å². The first-order chi connectivity index (χ1) is 15.2. The van der Waals surface area contributed by atoms with E-state index >= 15 is 0 Å². The van der Waals surface area contributed by atoms with Gasteiger partial charge in [0.05, 0.1) is 22.2 Å². The second-order valence-electron chi connectivity index (χ2n) is 6.83. The molecule has 0 radical (unpaired) electrons. The zero-order chi connectivity index (χ0) is 21.2. The largest absolute Gasteiger partial charge is 0.338 e. The van der Waals surface area contributed by atoms with Gasteiger partial charge in [-0.2, -0.15) is 22.7 Å². The lowest BCUT2D eigenvalue weighted by Gasteiger charge is -2.04. The Bertz CT molecular complexity index is 1350. The van der Waals surface area contributed by atoms with Crippen LogP contribution < -0.4 is 10.6 Å². The zero-order valence-electron chi connectivity index (χ0n) is 16.1. The summed E-state index contributed by atoms with van der Waals surface area (Å²) in [5, 5.41) is 13.2. The maximum atomic E-state index is 12.3. The summed E-state index contributed by atoms with van der Waals surface area (Å²) in [5.74, 6) is 0.446. The topological polar surface area (TPSA) is 86.9 Å². The van der Waals surface area contributed by atoms with E-state index in [2.05, 4.69) is 20.6 Å². The third kappa shape index (κ3) is 4.11. The third-order valence-corrected chi connectivity index (χ3v) is 6.09. The first-order valence-corrected chi connectivity index (χ1v) is 11.3. The average Bonchev–Trinajstić information content (AvgIpc) is 3.55. The van der Waals surface area contributed by atoms with Gasteiger partial charge in [0, 0.05) is 27.7 Å². The number of imidazole rings is 1. The third-order valence-electron chi connectivity index (χ3n) is 4.72. The van der Waals surface area contributed by atoms with Gasteiger partial charge in [-0.15, -0.1) is 0 Å². The maximum Gasteiger partial charge on any atom is 0.256 e. The van der Waals surface area contributed by atoms with Gasteiger partial charge in [0.25, 0.3) is 11.8 Å². The van der Waals surface area contributed by atoms with E-state index in [4.69, 9.17) is 0 Å². The number of amides is 2. The molecule has 0 spiro atoms. The molecule has 0 saturated carbocycles. The number of carbonyl (C=O) groups excluding carboxylic acids is 2. The number of rotatable bonds is 5. The Balaban J connectivity index is 1.33. The van der Waals surface area contributed by atoms with E-state index < -0.39 is 0 Å². The van der Waals surface area contributed by atoms with Crippen LogP contribution in [-0.2, 0) is 0 Å². The fourth-order valence-electron chi connectivity index (χ4n) is 3.13. The standard InChI is InChI=1S/C23H16N4O2S2/c28-22(15-7-9-30-12-15)24-17-3-1-14(2-4-17)21-26-19-6-5-18(11-20(19)27-21)25-23(29)16-8-10-31-13-16/h1-13H,(H,24,28)(H,25,29)(H,26,27). The minimum absolute atomic E-state index is 0.130. The van der Waals surface area contributed by atoms with Crippen molar-refractivity contribution in [2.75, 3.05) is 10.6 Å². The smallest absolute Gasteiger partial charge is 0.256 e. The summed E-state index contributed by atoms with van der Waals surface area (Å²) in [6.45, 7) is 0. The number of nitrogens with zero attached hydrogens (tertiary/aromatic N) is 1. The molecule has 0 atom stereocenters. The summed E-state index contributed by atoms with van der Waals surface area (Å²) in [7, 11) is 0. The van der Waals surface area contributed by atoms with Gasteiger partial charge in [-0.05, 0) is 65.4 Å². The zero-order valence-corrected chi connectivity index (χ0v) is 17.7. The molecule has 2 amide bonds. The lowest BCUT2D eigenvalue weighted by molar-refractivity contribution is 0.101. The number of fused-ring (bicyclic) bond motifs is 1. The highest BCUT2D eigenvalue weighted by molar-refractivity contribution is 7.08. The number of benzene rings is 2. The second-order valence-corrected chi connectivity index (χ2v) is 8.39. The van der Waals surface area contributed by atoms with Gasteiger partial charge in [0.2, 0.25) is 0 Å². The van der Waals surface area contributed by atoms with Crippen LogP contribution in [0, 0.1) is 0 Å². The molecule has 5 rings (SSSR count). The fraction of sp³-hybridized carbons (Fsp3) is 0. The highest BCUT2D eigenvalue weighted by Crippen LogP contribution is 2.25. The number of hydrogen-bond donors (Lipinski definition) is 3. The van der Waals surface area contributed by atoms with Gasteiger partial charge >= 0.3 is 0 Å². The van der Waals surface area contributed by atoms with Gasteiger partial charge in [-0.3, -0.25) is 9.59 Å². The summed E-state index contributed by atoms with van der Waals surface area (Å²) in [6.07, 6.45) is 0. The molecule has 8 heteroatoms. The minimum atomic E-state index is -0.138. The predicted molar refractivity (Wildman–Crippen MR) is 126 cm³/mol. The highest BCUT2D eigenvalue weighted by atomic mass is 32.1. The molecule has 0 aliphatic rings. The summed E-state index contributed by atoms with van der Waals surface area (Å²) >= 11 is 2.97. The van der Waals surface area contributed by atoms with E-state index in [1.54, 1.807) is 12.1 Å². The molecule has 0 aliphatic heterocycles. The Morgan fingerprint density at radius 1 is 0.774 bits per heavy atom. The summed E-state index contributed by atoms with van der Waals surface area (Å²) in [4.78, 5) is 32.4. The first-order valence-electron chi connectivity index (χ1n) is 9.43. The van der Waals surface area contributed by atoms with Crippen molar-refractivity contribution in [3.63, 3.8) is 0 Å². The molecule has 0 saturated heterocycles. The van der Waals surface area contributed by atoms with Crippen molar-refractivity contribution in [3.05, 3.63) is 87.2 Å². The van der Waals surface area contributed by atoms with E-state index in [-0.39, 0.29) is 11.8 Å². The number of anilines is 2. The molecule has 3 aromatic heterocycles. The monoisotopic (exact) mass is 444 g/mol. The lowest BCUT2D eigenvalue weighted by atomic mass is 10.2. The Morgan fingerprint density at radius 2 is 1.39 bits per heavy atom. The molecule has 0 fully saturated rings. The summed E-state index contributed by atoms with van der Waals surface area (Å²) in [5.41, 5.74) is 5.23. The van der Waals surface area contributed by atoms with Crippen molar-refractivity contribution >= 4 is 56.9 Å². The number of H-pyrrole nitrogens is 1. The molecule has 5 aromatic rings. The first kappa shape index (κ1) is 19.2. The molecule has 6 nitrogen and oxygen atoms in total. The molecular formula is C23H16N4O2S2. The molecule has 0 aliphatic carbocycles. The number of nitrogens with one attached hydrogen (secondary N) is 3. The van der Waals surface area contributed by atoms with E-state index in [1.165, 1.54) is 22.7 Å². The van der Waals surface area contributed by atoms with Crippen LogP contribution >= 0.6 is 22.7 Å².